The van der Waals surface area contributed by atoms with Crippen LogP contribution in [0.5, 0.6) is 0 Å². The molecular formula is C36H32Cl3NO8. The monoisotopic (exact) mass is 711 g/mol. The molecule has 5 rings (SSSR count). The van der Waals surface area contributed by atoms with Gasteiger partial charge in [-0.1, -0.05) is 132 Å². The van der Waals surface area contributed by atoms with Gasteiger partial charge < -0.3 is 28.4 Å². The van der Waals surface area contributed by atoms with Gasteiger partial charge in [0.1, 0.15) is 18.8 Å². The second-order valence-corrected chi connectivity index (χ2v) is 13.0. The van der Waals surface area contributed by atoms with E-state index in [4.69, 9.17) is 68.6 Å². The van der Waals surface area contributed by atoms with Crippen molar-refractivity contribution in [2.45, 2.75) is 47.7 Å². The first-order valence-corrected chi connectivity index (χ1v) is 16.1. The van der Waals surface area contributed by atoms with Gasteiger partial charge in [-0.3, -0.25) is 5.41 Å². The van der Waals surface area contributed by atoms with E-state index >= 15 is 0 Å². The molecule has 0 amide bonds. The summed E-state index contributed by atoms with van der Waals surface area (Å²) >= 11 is 17.9. The van der Waals surface area contributed by atoms with Crippen molar-refractivity contribution < 1.29 is 38.0 Å². The molecule has 0 aromatic heterocycles. The number of rotatable bonds is 12. The van der Waals surface area contributed by atoms with Crippen molar-refractivity contribution in [2.24, 2.45) is 0 Å². The van der Waals surface area contributed by atoms with Gasteiger partial charge in [-0.05, 0) is 35.4 Å². The van der Waals surface area contributed by atoms with Crippen molar-refractivity contribution in [3.8, 4) is 0 Å². The van der Waals surface area contributed by atoms with E-state index in [0.29, 0.717) is 5.56 Å². The van der Waals surface area contributed by atoms with Crippen LogP contribution in [0.3, 0.4) is 0 Å². The highest BCUT2D eigenvalue weighted by molar-refractivity contribution is 6.76. The molecule has 48 heavy (non-hydrogen) atoms. The number of ether oxygens (including phenoxy) is 6. The first-order valence-electron chi connectivity index (χ1n) is 15.0. The normalized spacial score (nSPS) is 20.8. The fourth-order valence-electron chi connectivity index (χ4n) is 4.92. The number of benzene rings is 4. The summed E-state index contributed by atoms with van der Waals surface area (Å²) in [7, 11) is 0. The van der Waals surface area contributed by atoms with E-state index in [2.05, 4.69) is 0 Å². The van der Waals surface area contributed by atoms with Crippen molar-refractivity contribution in [1.82, 2.24) is 0 Å². The number of alkyl halides is 3. The number of hydrogen-bond donors (Lipinski definition) is 1. The van der Waals surface area contributed by atoms with Crippen LogP contribution < -0.4 is 0 Å². The fourth-order valence-corrected chi connectivity index (χ4v) is 5.05. The predicted octanol–water partition coefficient (Wildman–Crippen LogP) is 7.33. The minimum Gasteiger partial charge on any atom is -0.459 e. The second-order valence-electron chi connectivity index (χ2n) is 10.7. The summed E-state index contributed by atoms with van der Waals surface area (Å²) in [5.41, 5.74) is 2.20. The molecule has 0 aliphatic carbocycles. The van der Waals surface area contributed by atoms with Gasteiger partial charge in [0.05, 0.1) is 24.3 Å². The summed E-state index contributed by atoms with van der Waals surface area (Å²) in [5.74, 6) is -2.06. The van der Waals surface area contributed by atoms with Crippen molar-refractivity contribution in [3.05, 3.63) is 144 Å². The molecule has 1 heterocycles. The predicted molar refractivity (Wildman–Crippen MR) is 180 cm³/mol. The van der Waals surface area contributed by atoms with Gasteiger partial charge in [0.15, 0.2) is 12.2 Å². The highest BCUT2D eigenvalue weighted by Crippen LogP contribution is 2.34. The minimum absolute atomic E-state index is 0.0360. The van der Waals surface area contributed by atoms with Gasteiger partial charge in [-0.25, -0.2) is 9.59 Å². The highest BCUT2D eigenvalue weighted by atomic mass is 35.6. The lowest BCUT2D eigenvalue weighted by Crippen LogP contribution is -2.62. The van der Waals surface area contributed by atoms with Crippen LogP contribution in [0.2, 0.25) is 0 Å². The highest BCUT2D eigenvalue weighted by Gasteiger charge is 2.52. The van der Waals surface area contributed by atoms with Crippen molar-refractivity contribution in [3.63, 3.8) is 0 Å². The maximum atomic E-state index is 13.6. The van der Waals surface area contributed by atoms with Gasteiger partial charge in [-0.2, -0.15) is 0 Å². The Bertz CT molecular complexity index is 1630. The van der Waals surface area contributed by atoms with E-state index in [0.717, 1.165) is 11.1 Å². The summed E-state index contributed by atoms with van der Waals surface area (Å²) in [6.07, 6.45) is -6.08. The molecule has 5 atom stereocenters. The van der Waals surface area contributed by atoms with Gasteiger partial charge in [0.25, 0.3) is 3.79 Å². The van der Waals surface area contributed by atoms with Gasteiger partial charge in [0, 0.05) is 0 Å². The molecule has 1 aliphatic heterocycles. The van der Waals surface area contributed by atoms with Crippen LogP contribution in [-0.4, -0.2) is 58.9 Å². The molecule has 1 aliphatic rings. The summed E-state index contributed by atoms with van der Waals surface area (Å²) in [4.78, 5) is 26.6. The first-order chi connectivity index (χ1) is 23.2. The molecule has 1 fully saturated rings. The number of carbonyl (C=O) groups excluding carboxylic acids is 2. The number of carbonyl (C=O) groups is 2. The molecule has 0 radical (unpaired) electrons. The van der Waals surface area contributed by atoms with Crippen LogP contribution in [0.4, 0.5) is 0 Å². The zero-order valence-corrected chi connectivity index (χ0v) is 27.7. The number of esters is 2. The summed E-state index contributed by atoms with van der Waals surface area (Å²) in [6.45, 7) is -0.231. The molecule has 9 nitrogen and oxygen atoms in total. The van der Waals surface area contributed by atoms with Gasteiger partial charge >= 0.3 is 11.9 Å². The summed E-state index contributed by atoms with van der Waals surface area (Å²) < 4.78 is 34.4. The number of nitrogens with one attached hydrogen (secondary N) is 1. The maximum absolute atomic E-state index is 13.6. The van der Waals surface area contributed by atoms with Crippen LogP contribution in [-0.2, 0) is 41.6 Å². The molecule has 4 aromatic rings. The van der Waals surface area contributed by atoms with Crippen LogP contribution in [0.1, 0.15) is 31.8 Å². The first kappa shape index (κ1) is 35.3. The standard InChI is InChI=1S/C36H32Cl3NO8/c37-36(38,39)35(40)48-34-31(44-22-25-15-7-2-8-16-25)30(47-33(42)27-19-11-4-12-20-27)29(43-21-24-13-5-1-6-14-24)28(46-34)23-45-32(41)26-17-9-3-10-18-26/h1-20,28-31,34,40H,21-23H2/t28-,29-,30+,31+,34-/m1/s1. The van der Waals surface area contributed by atoms with E-state index in [1.54, 1.807) is 60.7 Å². The van der Waals surface area contributed by atoms with Crippen LogP contribution >= 0.6 is 34.8 Å². The average molecular weight is 713 g/mol. The molecule has 0 bridgehead atoms. The second kappa shape index (κ2) is 16.9. The molecule has 12 heteroatoms. The largest absolute Gasteiger partial charge is 0.459 e. The lowest BCUT2D eigenvalue weighted by Gasteiger charge is -2.45. The summed E-state index contributed by atoms with van der Waals surface area (Å²) in [6, 6.07) is 35.4. The Labute approximate surface area is 293 Å². The minimum atomic E-state index is -2.25. The zero-order chi connectivity index (χ0) is 33.9. The van der Waals surface area contributed by atoms with E-state index in [1.165, 1.54) is 0 Å². The molecule has 250 valence electrons. The Kier molecular flexibility index (Phi) is 12.5. The molecule has 0 unspecified atom stereocenters. The Morgan fingerprint density at radius 2 is 1.08 bits per heavy atom. The Hall–Kier alpha value is -3.96. The molecule has 1 saturated heterocycles. The van der Waals surface area contributed by atoms with E-state index in [1.807, 2.05) is 60.7 Å². The van der Waals surface area contributed by atoms with Crippen LogP contribution in [0.15, 0.2) is 121 Å². The topological polar surface area (TPSA) is 113 Å². The lowest BCUT2D eigenvalue weighted by molar-refractivity contribution is -0.301. The fraction of sp³-hybridized carbons (Fsp3) is 0.250. The molecule has 0 spiro atoms. The third-order valence-electron chi connectivity index (χ3n) is 7.29. The third-order valence-corrected chi connectivity index (χ3v) is 7.81. The molecule has 0 saturated carbocycles. The molecule has 1 N–H and O–H groups in total. The zero-order valence-electron chi connectivity index (χ0n) is 25.5. The SMILES string of the molecule is N=C(O[C@H]1O[C@H](COC(=O)c2ccccc2)[C@@H](OCc2ccccc2)[C@H](OC(=O)c2ccccc2)[C@@H]1OCc1ccccc1)C(Cl)(Cl)Cl. The van der Waals surface area contributed by atoms with Gasteiger partial charge in [-0.15, -0.1) is 0 Å². The average Bonchev–Trinajstić information content (AvgIpc) is 3.11. The lowest BCUT2D eigenvalue weighted by atomic mass is 9.97. The van der Waals surface area contributed by atoms with E-state index < -0.39 is 52.3 Å². The smallest absolute Gasteiger partial charge is 0.338 e. The van der Waals surface area contributed by atoms with Crippen LogP contribution in [0.25, 0.3) is 0 Å². The Balaban J connectivity index is 1.52. The Morgan fingerprint density at radius 1 is 0.625 bits per heavy atom. The number of hydrogen-bond acceptors (Lipinski definition) is 9. The Morgan fingerprint density at radius 3 is 1.58 bits per heavy atom. The van der Waals surface area contributed by atoms with Crippen molar-refractivity contribution in [1.29, 1.82) is 5.41 Å². The van der Waals surface area contributed by atoms with Crippen molar-refractivity contribution in [2.75, 3.05) is 6.61 Å². The van der Waals surface area contributed by atoms with Crippen molar-refractivity contribution >= 4 is 52.6 Å². The third kappa shape index (κ3) is 9.79. The van der Waals surface area contributed by atoms with E-state index in [9.17, 15) is 9.59 Å². The molecular weight excluding hydrogens is 681 g/mol. The molecule has 4 aromatic carbocycles. The maximum Gasteiger partial charge on any atom is 0.338 e. The van der Waals surface area contributed by atoms with Crippen LogP contribution in [0, 0.1) is 5.41 Å². The summed E-state index contributed by atoms with van der Waals surface area (Å²) in [5, 5.41) is 8.32. The van der Waals surface area contributed by atoms with E-state index in [-0.39, 0.29) is 25.4 Å². The quantitative estimate of drug-likeness (QED) is 0.0704. The van der Waals surface area contributed by atoms with Gasteiger partial charge in [0.2, 0.25) is 12.2 Å². The number of halogens is 3.